The van der Waals surface area contributed by atoms with Gasteiger partial charge in [0.05, 0.1) is 12.6 Å². The number of hydrogen-bond acceptors (Lipinski definition) is 2. The van der Waals surface area contributed by atoms with E-state index < -0.39 is 0 Å². The third kappa shape index (κ3) is 4.08. The van der Waals surface area contributed by atoms with Gasteiger partial charge in [-0.15, -0.1) is 0 Å². The van der Waals surface area contributed by atoms with Crippen molar-refractivity contribution in [3.8, 4) is 0 Å². The molecule has 2 aromatic carbocycles. The predicted molar refractivity (Wildman–Crippen MR) is 95.1 cm³/mol. The molecule has 0 aromatic heterocycles. The Bertz CT molecular complexity index is 689. The van der Waals surface area contributed by atoms with Crippen LogP contribution in [0.15, 0.2) is 54.6 Å². The normalized spacial score (nSPS) is 14.9. The first kappa shape index (κ1) is 16.8. The van der Waals surface area contributed by atoms with Gasteiger partial charge in [-0.25, -0.2) is 4.79 Å². The molecule has 3 rings (SSSR count). The van der Waals surface area contributed by atoms with Crippen LogP contribution in [0.25, 0.3) is 0 Å². The van der Waals surface area contributed by atoms with E-state index in [2.05, 4.69) is 5.32 Å². The molecule has 1 aliphatic carbocycles. The van der Waals surface area contributed by atoms with Crippen LogP contribution < -0.4 is 5.32 Å². The molecule has 0 heterocycles. The molecule has 4 nitrogen and oxygen atoms in total. The van der Waals surface area contributed by atoms with Crippen LogP contribution in [0.4, 0.5) is 4.79 Å². The number of urea groups is 1. The second-order valence-corrected chi connectivity index (χ2v) is 6.43. The van der Waals surface area contributed by atoms with Gasteiger partial charge in [0.25, 0.3) is 0 Å². The van der Waals surface area contributed by atoms with Crippen molar-refractivity contribution in [1.29, 1.82) is 0 Å². The monoisotopic (exact) mass is 344 g/mol. The minimum atomic E-state index is -0.280. The molecular formula is C19H21ClN2O2. The Morgan fingerprint density at radius 1 is 1.17 bits per heavy atom. The number of benzene rings is 2. The summed E-state index contributed by atoms with van der Waals surface area (Å²) < 4.78 is 0. The number of carbonyl (C=O) groups is 1. The number of hydrogen-bond donors (Lipinski definition) is 2. The Kier molecular flexibility index (Phi) is 5.38. The standard InChI is InChI=1S/C19H21ClN2O2/c20-16-8-4-7-15(13-16)18(14-5-2-1-3-6-14)21-19(24)22(11-12-23)17-9-10-17/h1-8,13,17-18,23H,9-12H2,(H,21,24). The van der Waals surface area contributed by atoms with Crippen LogP contribution in [0.5, 0.6) is 0 Å². The lowest BCUT2D eigenvalue weighted by atomic mass is 9.99. The Labute approximate surface area is 147 Å². The third-order valence-corrected chi connectivity index (χ3v) is 4.41. The summed E-state index contributed by atoms with van der Waals surface area (Å²) in [6.45, 7) is 0.324. The molecule has 0 spiro atoms. The van der Waals surface area contributed by atoms with Crippen LogP contribution in [-0.2, 0) is 0 Å². The highest BCUT2D eigenvalue weighted by Crippen LogP contribution is 2.29. The molecule has 0 bridgehead atoms. The number of aliphatic hydroxyl groups is 1. The number of halogens is 1. The molecular weight excluding hydrogens is 324 g/mol. The fourth-order valence-corrected chi connectivity index (χ4v) is 3.04. The molecule has 2 N–H and O–H groups in total. The van der Waals surface area contributed by atoms with E-state index in [-0.39, 0.29) is 24.7 Å². The summed E-state index contributed by atoms with van der Waals surface area (Å²) in [7, 11) is 0. The Balaban J connectivity index is 1.86. The van der Waals surface area contributed by atoms with Crippen molar-refractivity contribution in [1.82, 2.24) is 10.2 Å². The summed E-state index contributed by atoms with van der Waals surface area (Å²) in [5.41, 5.74) is 1.93. The maximum absolute atomic E-state index is 12.7. The quantitative estimate of drug-likeness (QED) is 0.841. The molecule has 5 heteroatoms. The Hall–Kier alpha value is -2.04. The molecule has 2 amide bonds. The molecule has 0 aliphatic heterocycles. The summed E-state index contributed by atoms with van der Waals surface area (Å²) in [6.07, 6.45) is 2.00. The minimum Gasteiger partial charge on any atom is -0.395 e. The molecule has 1 fully saturated rings. The molecule has 0 radical (unpaired) electrons. The Morgan fingerprint density at radius 2 is 1.88 bits per heavy atom. The average molecular weight is 345 g/mol. The van der Waals surface area contributed by atoms with Crippen molar-refractivity contribution in [2.45, 2.75) is 24.9 Å². The van der Waals surface area contributed by atoms with Gasteiger partial charge >= 0.3 is 6.03 Å². The van der Waals surface area contributed by atoms with Gasteiger partial charge < -0.3 is 15.3 Å². The fraction of sp³-hybridized carbons (Fsp3) is 0.316. The zero-order valence-corrected chi connectivity index (χ0v) is 14.1. The van der Waals surface area contributed by atoms with Gasteiger partial charge in [-0.3, -0.25) is 0 Å². The van der Waals surface area contributed by atoms with E-state index in [9.17, 15) is 9.90 Å². The predicted octanol–water partition coefficient (Wildman–Crippen LogP) is 3.60. The SMILES string of the molecule is O=C(NC(c1ccccc1)c1cccc(Cl)c1)N(CCO)C1CC1. The molecule has 0 saturated heterocycles. The maximum atomic E-state index is 12.7. The summed E-state index contributed by atoms with van der Waals surface area (Å²) in [5.74, 6) is 0. The number of nitrogens with one attached hydrogen (secondary N) is 1. The summed E-state index contributed by atoms with van der Waals surface area (Å²) >= 11 is 6.13. The highest BCUT2D eigenvalue weighted by Gasteiger charge is 2.33. The van der Waals surface area contributed by atoms with Crippen LogP contribution in [0.2, 0.25) is 5.02 Å². The molecule has 1 unspecified atom stereocenters. The zero-order valence-electron chi connectivity index (χ0n) is 13.4. The average Bonchev–Trinajstić information content (AvgIpc) is 3.43. The first-order chi connectivity index (χ1) is 11.7. The van der Waals surface area contributed by atoms with E-state index in [1.54, 1.807) is 4.90 Å². The maximum Gasteiger partial charge on any atom is 0.318 e. The summed E-state index contributed by atoms with van der Waals surface area (Å²) in [5, 5.41) is 13.0. The smallest absolute Gasteiger partial charge is 0.318 e. The third-order valence-electron chi connectivity index (χ3n) is 4.17. The van der Waals surface area contributed by atoms with E-state index in [4.69, 9.17) is 11.6 Å². The highest BCUT2D eigenvalue weighted by molar-refractivity contribution is 6.30. The van der Waals surface area contributed by atoms with Crippen molar-refractivity contribution < 1.29 is 9.90 Å². The molecule has 1 aliphatic rings. The van der Waals surface area contributed by atoms with Gasteiger partial charge in [0, 0.05) is 17.6 Å². The van der Waals surface area contributed by atoms with Crippen molar-refractivity contribution in [2.24, 2.45) is 0 Å². The number of rotatable bonds is 6. The van der Waals surface area contributed by atoms with Gasteiger partial charge in [-0.2, -0.15) is 0 Å². The molecule has 1 atom stereocenters. The fourth-order valence-electron chi connectivity index (χ4n) is 2.84. The topological polar surface area (TPSA) is 52.6 Å². The van der Waals surface area contributed by atoms with E-state index in [1.807, 2.05) is 54.6 Å². The van der Waals surface area contributed by atoms with Gasteiger partial charge in [0.2, 0.25) is 0 Å². The van der Waals surface area contributed by atoms with Crippen molar-refractivity contribution in [3.05, 3.63) is 70.7 Å². The van der Waals surface area contributed by atoms with Crippen LogP contribution in [-0.4, -0.2) is 35.2 Å². The largest absolute Gasteiger partial charge is 0.395 e. The highest BCUT2D eigenvalue weighted by atomic mass is 35.5. The number of carbonyl (C=O) groups excluding carboxylic acids is 1. The number of nitrogens with zero attached hydrogens (tertiary/aromatic N) is 1. The first-order valence-corrected chi connectivity index (χ1v) is 8.55. The molecule has 1 saturated carbocycles. The van der Waals surface area contributed by atoms with Gasteiger partial charge in [0.15, 0.2) is 0 Å². The van der Waals surface area contributed by atoms with E-state index in [0.717, 1.165) is 24.0 Å². The lowest BCUT2D eigenvalue weighted by Crippen LogP contribution is -2.44. The lowest BCUT2D eigenvalue weighted by Gasteiger charge is -2.26. The second kappa shape index (κ2) is 7.69. The van der Waals surface area contributed by atoms with Crippen LogP contribution in [0.3, 0.4) is 0 Å². The van der Waals surface area contributed by atoms with Crippen molar-refractivity contribution >= 4 is 17.6 Å². The van der Waals surface area contributed by atoms with Gasteiger partial charge in [0.1, 0.15) is 0 Å². The van der Waals surface area contributed by atoms with Gasteiger partial charge in [-0.05, 0) is 36.1 Å². The Morgan fingerprint density at radius 3 is 2.50 bits per heavy atom. The summed E-state index contributed by atoms with van der Waals surface area (Å²) in [6, 6.07) is 17.1. The van der Waals surface area contributed by atoms with Crippen LogP contribution in [0.1, 0.15) is 30.0 Å². The van der Waals surface area contributed by atoms with Crippen molar-refractivity contribution in [3.63, 3.8) is 0 Å². The first-order valence-electron chi connectivity index (χ1n) is 8.17. The van der Waals surface area contributed by atoms with Crippen molar-refractivity contribution in [2.75, 3.05) is 13.2 Å². The van der Waals surface area contributed by atoms with Gasteiger partial charge in [-0.1, -0.05) is 54.1 Å². The van der Waals surface area contributed by atoms with E-state index in [0.29, 0.717) is 11.6 Å². The number of aliphatic hydroxyl groups excluding tert-OH is 1. The second-order valence-electron chi connectivity index (χ2n) is 6.00. The van der Waals surface area contributed by atoms with E-state index in [1.165, 1.54) is 0 Å². The lowest BCUT2D eigenvalue weighted by molar-refractivity contribution is 0.172. The zero-order chi connectivity index (χ0) is 16.9. The van der Waals surface area contributed by atoms with Crippen LogP contribution in [0, 0.1) is 0 Å². The molecule has 2 aromatic rings. The molecule has 24 heavy (non-hydrogen) atoms. The minimum absolute atomic E-state index is 0.0307. The summed E-state index contributed by atoms with van der Waals surface area (Å²) in [4.78, 5) is 14.5. The molecule has 126 valence electrons. The van der Waals surface area contributed by atoms with E-state index >= 15 is 0 Å². The van der Waals surface area contributed by atoms with Crippen LogP contribution >= 0.6 is 11.6 Å². The number of amides is 2.